The van der Waals surface area contributed by atoms with Gasteiger partial charge in [-0.1, -0.05) is 6.92 Å². The number of benzene rings is 1. The molecule has 4 heteroatoms. The van der Waals surface area contributed by atoms with Crippen LogP contribution in [0.5, 0.6) is 5.75 Å². The van der Waals surface area contributed by atoms with Gasteiger partial charge in [0.15, 0.2) is 0 Å². The van der Waals surface area contributed by atoms with Crippen molar-refractivity contribution in [1.82, 2.24) is 5.32 Å². The largest absolute Gasteiger partial charge is 0.492 e. The van der Waals surface area contributed by atoms with Crippen LogP contribution in [0.25, 0.3) is 0 Å². The van der Waals surface area contributed by atoms with Gasteiger partial charge in [-0.3, -0.25) is 4.79 Å². The van der Waals surface area contributed by atoms with Gasteiger partial charge in [0.25, 0.3) is 0 Å². The van der Waals surface area contributed by atoms with E-state index in [9.17, 15) is 9.18 Å². The molecule has 0 aliphatic rings. The van der Waals surface area contributed by atoms with E-state index >= 15 is 0 Å². The summed E-state index contributed by atoms with van der Waals surface area (Å²) >= 11 is 0. The fourth-order valence-electron chi connectivity index (χ4n) is 1.21. The zero-order valence-corrected chi connectivity index (χ0v) is 9.33. The van der Waals surface area contributed by atoms with Gasteiger partial charge in [-0.05, 0) is 30.7 Å². The van der Waals surface area contributed by atoms with Gasteiger partial charge in [0.1, 0.15) is 18.2 Å². The molecule has 88 valence electrons. The van der Waals surface area contributed by atoms with Crippen molar-refractivity contribution < 1.29 is 13.9 Å². The van der Waals surface area contributed by atoms with Crippen LogP contribution in [-0.2, 0) is 4.79 Å². The molecule has 0 unspecified atom stereocenters. The average Bonchev–Trinajstić information content (AvgIpc) is 2.27. The molecule has 0 bridgehead atoms. The minimum Gasteiger partial charge on any atom is -0.492 e. The third-order valence-electron chi connectivity index (χ3n) is 1.98. The third-order valence-corrected chi connectivity index (χ3v) is 1.98. The summed E-state index contributed by atoms with van der Waals surface area (Å²) in [4.78, 5) is 11.1. The molecule has 0 radical (unpaired) electrons. The molecule has 0 heterocycles. The van der Waals surface area contributed by atoms with Gasteiger partial charge in [0.05, 0.1) is 6.54 Å². The Morgan fingerprint density at radius 2 is 2.06 bits per heavy atom. The number of amides is 1. The summed E-state index contributed by atoms with van der Waals surface area (Å²) in [5, 5.41) is 2.73. The Kier molecular flexibility index (Phi) is 5.32. The number of nitrogens with one attached hydrogen (secondary N) is 1. The van der Waals surface area contributed by atoms with E-state index in [2.05, 4.69) is 5.32 Å². The smallest absolute Gasteiger partial charge is 0.220 e. The Morgan fingerprint density at radius 3 is 2.69 bits per heavy atom. The van der Waals surface area contributed by atoms with Crippen molar-refractivity contribution in [2.45, 2.75) is 19.8 Å². The van der Waals surface area contributed by atoms with Gasteiger partial charge in [-0.15, -0.1) is 0 Å². The Hall–Kier alpha value is -1.58. The number of hydrogen-bond acceptors (Lipinski definition) is 2. The molecule has 1 rings (SSSR count). The second-order valence-corrected chi connectivity index (χ2v) is 3.40. The van der Waals surface area contributed by atoms with E-state index in [-0.39, 0.29) is 11.7 Å². The highest BCUT2D eigenvalue weighted by Crippen LogP contribution is 2.10. The van der Waals surface area contributed by atoms with Crippen LogP contribution in [0.1, 0.15) is 19.8 Å². The van der Waals surface area contributed by atoms with Crippen molar-refractivity contribution in [3.63, 3.8) is 0 Å². The third kappa shape index (κ3) is 4.77. The van der Waals surface area contributed by atoms with Gasteiger partial charge in [-0.25, -0.2) is 4.39 Å². The maximum absolute atomic E-state index is 12.6. The van der Waals surface area contributed by atoms with Crippen LogP contribution in [0, 0.1) is 5.82 Å². The fraction of sp³-hybridized carbons (Fsp3) is 0.417. The monoisotopic (exact) mass is 225 g/mol. The summed E-state index contributed by atoms with van der Waals surface area (Å²) < 4.78 is 17.9. The summed E-state index contributed by atoms with van der Waals surface area (Å²) in [6.45, 7) is 2.81. The van der Waals surface area contributed by atoms with Crippen molar-refractivity contribution in [3.05, 3.63) is 30.1 Å². The minimum absolute atomic E-state index is 0.0326. The maximum Gasteiger partial charge on any atom is 0.220 e. The standard InChI is InChI=1S/C12H16FNO2/c1-2-3-12(15)14-8-9-16-11-6-4-10(13)5-7-11/h4-7H,2-3,8-9H2,1H3,(H,14,15). The van der Waals surface area contributed by atoms with Crippen molar-refractivity contribution >= 4 is 5.91 Å². The van der Waals surface area contributed by atoms with Crippen LogP contribution >= 0.6 is 0 Å². The molecule has 3 nitrogen and oxygen atoms in total. The summed E-state index contributed by atoms with van der Waals surface area (Å²) in [5.41, 5.74) is 0. The van der Waals surface area contributed by atoms with E-state index in [1.54, 1.807) is 12.1 Å². The molecule has 1 aromatic carbocycles. The highest BCUT2D eigenvalue weighted by Gasteiger charge is 1.98. The molecule has 0 aliphatic heterocycles. The van der Waals surface area contributed by atoms with E-state index in [0.717, 1.165) is 6.42 Å². The first-order valence-electron chi connectivity index (χ1n) is 5.37. The van der Waals surface area contributed by atoms with Gasteiger partial charge < -0.3 is 10.1 Å². The van der Waals surface area contributed by atoms with Crippen molar-refractivity contribution in [1.29, 1.82) is 0 Å². The SMILES string of the molecule is CCCC(=O)NCCOc1ccc(F)cc1. The fourth-order valence-corrected chi connectivity index (χ4v) is 1.21. The predicted octanol–water partition coefficient (Wildman–Crippen LogP) is 2.12. The minimum atomic E-state index is -0.288. The summed E-state index contributed by atoms with van der Waals surface area (Å²) in [6.07, 6.45) is 1.38. The molecule has 0 saturated heterocycles. The van der Waals surface area contributed by atoms with E-state index in [1.807, 2.05) is 6.92 Å². The lowest BCUT2D eigenvalue weighted by Gasteiger charge is -2.07. The van der Waals surface area contributed by atoms with Gasteiger partial charge in [0, 0.05) is 6.42 Å². The Labute approximate surface area is 94.6 Å². The normalized spacial score (nSPS) is 9.88. The molecule has 1 aromatic rings. The lowest BCUT2D eigenvalue weighted by Crippen LogP contribution is -2.27. The van der Waals surface area contributed by atoms with Gasteiger partial charge >= 0.3 is 0 Å². The number of carbonyl (C=O) groups is 1. The van der Waals surface area contributed by atoms with E-state index < -0.39 is 0 Å². The Balaban J connectivity index is 2.16. The number of hydrogen-bond donors (Lipinski definition) is 1. The van der Waals surface area contributed by atoms with Crippen LogP contribution < -0.4 is 10.1 Å². The lowest BCUT2D eigenvalue weighted by atomic mass is 10.3. The molecule has 0 spiro atoms. The van der Waals surface area contributed by atoms with Gasteiger partial charge in [0.2, 0.25) is 5.91 Å². The Morgan fingerprint density at radius 1 is 1.38 bits per heavy atom. The van der Waals surface area contributed by atoms with E-state index in [1.165, 1.54) is 12.1 Å². The number of carbonyl (C=O) groups excluding carboxylic acids is 1. The molecule has 16 heavy (non-hydrogen) atoms. The topological polar surface area (TPSA) is 38.3 Å². The van der Waals surface area contributed by atoms with Gasteiger partial charge in [-0.2, -0.15) is 0 Å². The first-order valence-corrected chi connectivity index (χ1v) is 5.37. The van der Waals surface area contributed by atoms with Crippen LogP contribution in [0.15, 0.2) is 24.3 Å². The Bertz CT molecular complexity index is 324. The molecular formula is C12H16FNO2. The van der Waals surface area contributed by atoms with Crippen LogP contribution in [-0.4, -0.2) is 19.1 Å². The van der Waals surface area contributed by atoms with Crippen molar-refractivity contribution in [2.75, 3.05) is 13.2 Å². The molecule has 0 saturated carbocycles. The summed E-state index contributed by atoms with van der Waals surface area (Å²) in [7, 11) is 0. The van der Waals surface area contributed by atoms with Crippen LogP contribution in [0.2, 0.25) is 0 Å². The molecule has 1 N–H and O–H groups in total. The highest BCUT2D eigenvalue weighted by atomic mass is 19.1. The highest BCUT2D eigenvalue weighted by molar-refractivity contribution is 5.75. The molecule has 0 fully saturated rings. The molecule has 1 amide bonds. The second-order valence-electron chi connectivity index (χ2n) is 3.40. The number of halogens is 1. The van der Waals surface area contributed by atoms with Crippen LogP contribution in [0.3, 0.4) is 0 Å². The maximum atomic E-state index is 12.6. The zero-order chi connectivity index (χ0) is 11.8. The summed E-state index contributed by atoms with van der Waals surface area (Å²) in [6, 6.07) is 5.79. The predicted molar refractivity (Wildman–Crippen MR) is 59.8 cm³/mol. The number of ether oxygens (including phenoxy) is 1. The molecule has 0 aromatic heterocycles. The first kappa shape index (κ1) is 12.5. The average molecular weight is 225 g/mol. The number of rotatable bonds is 6. The van der Waals surface area contributed by atoms with E-state index in [4.69, 9.17) is 4.74 Å². The van der Waals surface area contributed by atoms with E-state index in [0.29, 0.717) is 25.3 Å². The molecule has 0 atom stereocenters. The second kappa shape index (κ2) is 6.82. The summed E-state index contributed by atoms with van der Waals surface area (Å²) in [5.74, 6) is 0.347. The molecule has 0 aliphatic carbocycles. The van der Waals surface area contributed by atoms with Crippen LogP contribution in [0.4, 0.5) is 4.39 Å². The van der Waals surface area contributed by atoms with Crippen molar-refractivity contribution in [3.8, 4) is 5.75 Å². The quantitative estimate of drug-likeness (QED) is 0.753. The molecular weight excluding hydrogens is 209 g/mol. The van der Waals surface area contributed by atoms with Crippen molar-refractivity contribution in [2.24, 2.45) is 0 Å². The first-order chi connectivity index (χ1) is 7.72. The lowest BCUT2D eigenvalue weighted by molar-refractivity contribution is -0.121. The zero-order valence-electron chi connectivity index (χ0n) is 9.33.